The van der Waals surface area contributed by atoms with Gasteiger partial charge in [-0.05, 0) is 0 Å². The van der Waals surface area contributed by atoms with Crippen LogP contribution in [0.25, 0.3) is 0 Å². The minimum absolute atomic E-state index is 0.757. The monoisotopic (exact) mass is 412 g/mol. The van der Waals surface area contributed by atoms with Gasteiger partial charge in [-0.15, -0.1) is 0 Å². The molecule has 0 aromatic heterocycles. The molecule has 0 aliphatic rings. The molecule has 4 aromatic rings. The van der Waals surface area contributed by atoms with Gasteiger partial charge in [0.1, 0.15) is 0 Å². The van der Waals surface area contributed by atoms with Gasteiger partial charge in [-0.25, -0.2) is 0 Å². The summed E-state index contributed by atoms with van der Waals surface area (Å²) in [5.74, 6) is 0. The van der Waals surface area contributed by atoms with Crippen molar-refractivity contribution in [1.29, 1.82) is 0 Å². The average Bonchev–Trinajstić information content (AvgIpc) is 2.84. The number of hydrogen-bond donors (Lipinski definition) is 0. The summed E-state index contributed by atoms with van der Waals surface area (Å²) < 4.78 is 6.19. The molecular weight excluding hydrogens is 383 g/mol. The quantitative estimate of drug-likeness (QED) is 0.279. The average molecular weight is 413 g/mol. The zero-order valence-electron chi connectivity index (χ0n) is 17.3. The van der Waals surface area contributed by atoms with Crippen LogP contribution in [0.4, 0.5) is 0 Å². The number of ether oxygens (including phenoxy) is 1. The predicted octanol–water partition coefficient (Wildman–Crippen LogP) is 4.97. The fraction of sp³-hybridized carbons (Fsp3) is 0.143. The Morgan fingerprint density at radius 1 is 0.467 bits per heavy atom. The molecule has 0 atom stereocenters. The third kappa shape index (κ3) is 4.70. The van der Waals surface area contributed by atoms with E-state index < -0.39 is 7.26 Å². The first-order valence-electron chi connectivity index (χ1n) is 10.7. The molecule has 4 aromatic carbocycles. The van der Waals surface area contributed by atoms with Crippen LogP contribution in [0.2, 0.25) is 0 Å². The van der Waals surface area contributed by atoms with Crippen LogP contribution in [0.5, 0.6) is 0 Å². The van der Waals surface area contributed by atoms with Crippen LogP contribution in [0.1, 0.15) is 5.56 Å². The molecule has 1 nitrogen and oxygen atoms in total. The summed E-state index contributed by atoms with van der Waals surface area (Å²) in [5.41, 5.74) is 1.33. The van der Waals surface area contributed by atoms with Gasteiger partial charge in [-0.2, -0.15) is 0 Å². The van der Waals surface area contributed by atoms with E-state index in [1.54, 1.807) is 0 Å². The van der Waals surface area contributed by atoms with Crippen molar-refractivity contribution < 1.29 is 4.74 Å². The van der Waals surface area contributed by atoms with E-state index in [1.807, 2.05) is 0 Å². The van der Waals surface area contributed by atoms with Crippen LogP contribution >= 0.6 is 7.26 Å². The van der Waals surface area contributed by atoms with Gasteiger partial charge in [-0.1, -0.05) is 0 Å². The molecule has 152 valence electrons. The van der Waals surface area contributed by atoms with Crippen LogP contribution in [0.15, 0.2) is 121 Å². The first-order valence-corrected chi connectivity index (χ1v) is 12.9. The van der Waals surface area contributed by atoms with Crippen molar-refractivity contribution in [2.45, 2.75) is 6.42 Å². The molecule has 0 unspecified atom stereocenters. The van der Waals surface area contributed by atoms with Gasteiger partial charge in [-0.3, -0.25) is 0 Å². The van der Waals surface area contributed by atoms with Crippen molar-refractivity contribution in [2.75, 3.05) is 19.4 Å². The fourth-order valence-electron chi connectivity index (χ4n) is 4.26. The second kappa shape index (κ2) is 10.3. The summed E-state index contributed by atoms with van der Waals surface area (Å²) in [6.07, 6.45) is 1.98. The summed E-state index contributed by atoms with van der Waals surface area (Å²) in [5, 5.41) is 4.32. The Bertz CT molecular complexity index is 905. The Labute approximate surface area is 180 Å². The molecule has 0 saturated carbocycles. The third-order valence-corrected chi connectivity index (χ3v) is 10.7. The second-order valence-electron chi connectivity index (χ2n) is 7.60. The van der Waals surface area contributed by atoms with Gasteiger partial charge in [0.05, 0.1) is 0 Å². The molecule has 0 radical (unpaired) electrons. The minimum atomic E-state index is -2.18. The van der Waals surface area contributed by atoms with Crippen molar-refractivity contribution in [3.63, 3.8) is 0 Å². The Morgan fingerprint density at radius 3 is 1.30 bits per heavy atom. The van der Waals surface area contributed by atoms with E-state index in [-0.39, 0.29) is 0 Å². The zero-order valence-corrected chi connectivity index (χ0v) is 18.3. The molecule has 0 amide bonds. The van der Waals surface area contributed by atoms with Gasteiger partial charge in [0, 0.05) is 0 Å². The van der Waals surface area contributed by atoms with Crippen LogP contribution in [0.3, 0.4) is 0 Å². The molecule has 0 fully saturated rings. The molecule has 0 heterocycles. The van der Waals surface area contributed by atoms with Crippen LogP contribution in [-0.2, 0) is 11.2 Å². The van der Waals surface area contributed by atoms with E-state index in [1.165, 1.54) is 21.5 Å². The first-order chi connectivity index (χ1) is 14.9. The molecule has 0 aliphatic heterocycles. The van der Waals surface area contributed by atoms with Crippen LogP contribution in [-0.4, -0.2) is 19.4 Å². The van der Waals surface area contributed by atoms with Gasteiger partial charge >= 0.3 is 181 Å². The molecule has 0 saturated heterocycles. The Kier molecular flexibility index (Phi) is 7.08. The van der Waals surface area contributed by atoms with Gasteiger partial charge in [0.25, 0.3) is 0 Å². The third-order valence-electron chi connectivity index (χ3n) is 5.80. The van der Waals surface area contributed by atoms with E-state index in [0.717, 1.165) is 25.8 Å². The van der Waals surface area contributed by atoms with Crippen molar-refractivity contribution in [1.82, 2.24) is 0 Å². The summed E-state index contributed by atoms with van der Waals surface area (Å²) >= 11 is 0. The molecular formula is C28H29OP. The maximum atomic E-state index is 6.19. The van der Waals surface area contributed by atoms with E-state index >= 15 is 0 Å². The SMILES string of the molecule is c1ccc(CCOCC[PH](c2ccccc2)(c2ccccc2)c2ccccc2)cc1. The van der Waals surface area contributed by atoms with Gasteiger partial charge in [0.15, 0.2) is 0 Å². The van der Waals surface area contributed by atoms with Crippen molar-refractivity contribution in [3.8, 4) is 0 Å². The summed E-state index contributed by atoms with van der Waals surface area (Å²) in [6.45, 7) is 1.52. The molecule has 0 N–H and O–H groups in total. The molecule has 0 bridgehead atoms. The second-order valence-corrected chi connectivity index (χ2v) is 11.6. The van der Waals surface area contributed by atoms with Crippen LogP contribution < -0.4 is 15.9 Å². The fourth-order valence-corrected chi connectivity index (χ4v) is 8.86. The first kappa shape index (κ1) is 20.5. The molecule has 4 rings (SSSR count). The van der Waals surface area contributed by atoms with Crippen molar-refractivity contribution in [3.05, 3.63) is 127 Å². The predicted molar refractivity (Wildman–Crippen MR) is 132 cm³/mol. The molecule has 0 aliphatic carbocycles. The van der Waals surface area contributed by atoms with Gasteiger partial charge < -0.3 is 0 Å². The number of benzene rings is 4. The van der Waals surface area contributed by atoms with E-state index in [4.69, 9.17) is 4.74 Å². The number of hydrogen-bond acceptors (Lipinski definition) is 1. The summed E-state index contributed by atoms with van der Waals surface area (Å²) in [7, 11) is -2.18. The molecule has 30 heavy (non-hydrogen) atoms. The van der Waals surface area contributed by atoms with Gasteiger partial charge in [0.2, 0.25) is 0 Å². The van der Waals surface area contributed by atoms with E-state index in [2.05, 4.69) is 121 Å². The normalized spacial score (nSPS) is 11.9. The molecule has 2 heteroatoms. The van der Waals surface area contributed by atoms with Crippen molar-refractivity contribution in [2.24, 2.45) is 0 Å². The van der Waals surface area contributed by atoms with Crippen molar-refractivity contribution >= 4 is 23.2 Å². The number of rotatable bonds is 9. The van der Waals surface area contributed by atoms with E-state index in [9.17, 15) is 0 Å². The zero-order chi connectivity index (χ0) is 20.5. The Balaban J connectivity index is 1.61. The summed E-state index contributed by atoms with van der Waals surface area (Å²) in [4.78, 5) is 0. The maximum absolute atomic E-state index is 6.19. The Morgan fingerprint density at radius 2 is 0.867 bits per heavy atom. The van der Waals surface area contributed by atoms with Crippen LogP contribution in [0, 0.1) is 0 Å². The Hall–Kier alpha value is -2.73. The topological polar surface area (TPSA) is 9.23 Å². The standard InChI is InChI=1S/C28H29OP/c1-5-13-25(14-6-1)21-22-29-23-24-30(26-15-7-2-8-16-26,27-17-9-3-10-18-27)28-19-11-4-12-20-28/h1-20,30H,21-24H2. The molecule has 0 spiro atoms. The van der Waals surface area contributed by atoms with E-state index in [0.29, 0.717) is 0 Å². The summed E-state index contributed by atoms with van der Waals surface area (Å²) in [6, 6.07) is 43.7.